The van der Waals surface area contributed by atoms with Gasteiger partial charge in [-0.05, 0) is 62.4 Å². The molecule has 112 valence electrons. The first-order valence-corrected chi connectivity index (χ1v) is 8.22. The number of hydrogen-bond acceptors (Lipinski definition) is 3. The minimum absolute atomic E-state index is 0.201. The molecule has 0 aliphatic heterocycles. The fourth-order valence-corrected chi connectivity index (χ4v) is 3.50. The van der Waals surface area contributed by atoms with Gasteiger partial charge in [0, 0.05) is 13.2 Å². The molecule has 20 heavy (non-hydrogen) atoms. The number of aryl methyl sites for hydroxylation is 2. The molecule has 0 bridgehead atoms. The van der Waals surface area contributed by atoms with E-state index in [1.807, 2.05) is 25.5 Å². The Morgan fingerprint density at radius 3 is 2.60 bits per heavy atom. The van der Waals surface area contributed by atoms with Crippen molar-refractivity contribution in [3.8, 4) is 0 Å². The lowest BCUT2D eigenvalue weighted by atomic mass is 9.92. The molecule has 1 heterocycles. The van der Waals surface area contributed by atoms with Crippen molar-refractivity contribution < 1.29 is 9.53 Å². The Morgan fingerprint density at radius 1 is 1.40 bits per heavy atom. The third kappa shape index (κ3) is 2.84. The predicted octanol–water partition coefficient (Wildman–Crippen LogP) is 3.43. The van der Waals surface area contributed by atoms with Crippen molar-refractivity contribution >= 4 is 21.7 Å². The molecule has 1 aromatic rings. The molecular weight excluding hydrogens is 320 g/mol. The van der Waals surface area contributed by atoms with Crippen molar-refractivity contribution in [2.24, 2.45) is 0 Å². The molecule has 0 N–H and O–H groups in total. The van der Waals surface area contributed by atoms with Crippen LogP contribution in [-0.4, -0.2) is 27.8 Å². The standard InChI is InChI=1S/C15H23BrN2O2/c1-4-18-12(14(16)11(3)17-18)10-13(19)15(20-5-2)8-6-7-9-15/h4-10H2,1-3H3. The van der Waals surface area contributed by atoms with Crippen LogP contribution in [0.15, 0.2) is 4.47 Å². The largest absolute Gasteiger partial charge is 0.367 e. The first-order chi connectivity index (χ1) is 9.54. The predicted molar refractivity (Wildman–Crippen MR) is 81.9 cm³/mol. The Kier molecular flexibility index (Phi) is 5.02. The number of rotatable bonds is 6. The number of carbonyl (C=O) groups excluding carboxylic acids is 1. The van der Waals surface area contributed by atoms with E-state index >= 15 is 0 Å². The van der Waals surface area contributed by atoms with Gasteiger partial charge in [0.05, 0.1) is 22.3 Å². The van der Waals surface area contributed by atoms with Crippen LogP contribution in [-0.2, 0) is 22.5 Å². The molecule has 1 aliphatic carbocycles. The maximum atomic E-state index is 12.8. The Morgan fingerprint density at radius 2 is 2.05 bits per heavy atom. The fraction of sp³-hybridized carbons (Fsp3) is 0.733. The molecule has 4 nitrogen and oxygen atoms in total. The van der Waals surface area contributed by atoms with Gasteiger partial charge in [-0.25, -0.2) is 0 Å². The molecule has 0 unspecified atom stereocenters. The summed E-state index contributed by atoms with van der Waals surface area (Å²) in [5, 5.41) is 4.45. The van der Waals surface area contributed by atoms with E-state index in [1.165, 1.54) is 0 Å². The smallest absolute Gasteiger partial charge is 0.170 e. The van der Waals surface area contributed by atoms with Crippen LogP contribution in [0, 0.1) is 6.92 Å². The van der Waals surface area contributed by atoms with Gasteiger partial charge in [-0.15, -0.1) is 0 Å². The SMILES string of the molecule is CCOC1(C(=O)Cc2c(Br)c(C)nn2CC)CCCC1. The number of hydrogen-bond donors (Lipinski definition) is 0. The summed E-state index contributed by atoms with van der Waals surface area (Å²) in [5.41, 5.74) is 1.36. The number of carbonyl (C=O) groups is 1. The molecule has 0 spiro atoms. The second kappa shape index (κ2) is 6.39. The van der Waals surface area contributed by atoms with E-state index in [1.54, 1.807) is 0 Å². The van der Waals surface area contributed by atoms with E-state index in [0.717, 1.165) is 48.1 Å². The van der Waals surface area contributed by atoms with Crippen LogP contribution < -0.4 is 0 Å². The van der Waals surface area contributed by atoms with Crippen molar-refractivity contribution in [1.82, 2.24) is 9.78 Å². The zero-order valence-corrected chi connectivity index (χ0v) is 14.1. The molecule has 0 saturated heterocycles. The lowest BCUT2D eigenvalue weighted by Crippen LogP contribution is -2.40. The minimum Gasteiger partial charge on any atom is -0.367 e. The quantitative estimate of drug-likeness (QED) is 0.795. The maximum Gasteiger partial charge on any atom is 0.170 e. The Hall–Kier alpha value is -0.680. The van der Waals surface area contributed by atoms with Gasteiger partial charge in [0.2, 0.25) is 0 Å². The second-order valence-corrected chi connectivity index (χ2v) is 6.19. The van der Waals surface area contributed by atoms with Crippen LogP contribution in [0.5, 0.6) is 0 Å². The number of nitrogens with zero attached hydrogens (tertiary/aromatic N) is 2. The highest BCUT2D eigenvalue weighted by Gasteiger charge is 2.41. The van der Waals surface area contributed by atoms with E-state index in [0.29, 0.717) is 13.0 Å². The molecule has 2 rings (SSSR count). The lowest BCUT2D eigenvalue weighted by molar-refractivity contribution is -0.143. The van der Waals surface area contributed by atoms with Crippen LogP contribution in [0.1, 0.15) is 50.9 Å². The average molecular weight is 343 g/mol. The van der Waals surface area contributed by atoms with Gasteiger partial charge >= 0.3 is 0 Å². The van der Waals surface area contributed by atoms with E-state index < -0.39 is 5.60 Å². The van der Waals surface area contributed by atoms with Crippen LogP contribution in [0.4, 0.5) is 0 Å². The highest BCUT2D eigenvalue weighted by Crippen LogP contribution is 2.35. The summed E-state index contributed by atoms with van der Waals surface area (Å²) in [4.78, 5) is 12.8. The van der Waals surface area contributed by atoms with E-state index in [9.17, 15) is 4.79 Å². The summed E-state index contributed by atoms with van der Waals surface area (Å²) < 4.78 is 8.71. The lowest BCUT2D eigenvalue weighted by Gasteiger charge is -2.27. The highest BCUT2D eigenvalue weighted by molar-refractivity contribution is 9.10. The molecule has 0 radical (unpaired) electrons. The minimum atomic E-state index is -0.551. The van der Waals surface area contributed by atoms with E-state index in [-0.39, 0.29) is 5.78 Å². The number of ether oxygens (including phenoxy) is 1. The summed E-state index contributed by atoms with van der Waals surface area (Å²) in [7, 11) is 0. The van der Waals surface area contributed by atoms with Gasteiger partial charge in [0.25, 0.3) is 0 Å². The van der Waals surface area contributed by atoms with Crippen molar-refractivity contribution in [2.75, 3.05) is 6.61 Å². The monoisotopic (exact) mass is 342 g/mol. The molecule has 1 aromatic heterocycles. The third-order valence-corrected chi connectivity index (χ3v) is 5.15. The average Bonchev–Trinajstić information content (AvgIpc) is 3.00. The normalized spacial score (nSPS) is 17.6. The van der Waals surface area contributed by atoms with Crippen LogP contribution >= 0.6 is 15.9 Å². The van der Waals surface area contributed by atoms with Gasteiger partial charge in [-0.2, -0.15) is 5.10 Å². The van der Waals surface area contributed by atoms with Crippen molar-refractivity contribution in [3.05, 3.63) is 15.9 Å². The molecule has 0 aromatic carbocycles. The Labute approximate surface area is 129 Å². The molecule has 5 heteroatoms. The van der Waals surface area contributed by atoms with Gasteiger partial charge < -0.3 is 4.74 Å². The summed E-state index contributed by atoms with van der Waals surface area (Å²) in [6.45, 7) is 7.33. The molecule has 0 amide bonds. The summed E-state index contributed by atoms with van der Waals surface area (Å²) in [5.74, 6) is 0.201. The van der Waals surface area contributed by atoms with Gasteiger partial charge in [0.1, 0.15) is 5.60 Å². The number of ketones is 1. The fourth-order valence-electron chi connectivity index (χ4n) is 3.08. The molecule has 0 atom stereocenters. The van der Waals surface area contributed by atoms with Crippen LogP contribution in [0.25, 0.3) is 0 Å². The van der Waals surface area contributed by atoms with Gasteiger partial charge in [-0.3, -0.25) is 9.48 Å². The highest BCUT2D eigenvalue weighted by atomic mass is 79.9. The number of aromatic nitrogens is 2. The molecule has 1 saturated carbocycles. The first-order valence-electron chi connectivity index (χ1n) is 7.43. The molecule has 1 aliphatic rings. The van der Waals surface area contributed by atoms with Crippen molar-refractivity contribution in [2.45, 2.75) is 65.0 Å². The number of Topliss-reactive ketones (excluding diaryl/α,β-unsaturated/α-hetero) is 1. The summed E-state index contributed by atoms with van der Waals surface area (Å²) >= 11 is 3.56. The van der Waals surface area contributed by atoms with Crippen LogP contribution in [0.2, 0.25) is 0 Å². The topological polar surface area (TPSA) is 44.1 Å². The van der Waals surface area contributed by atoms with Crippen molar-refractivity contribution in [3.63, 3.8) is 0 Å². The van der Waals surface area contributed by atoms with Crippen molar-refractivity contribution in [1.29, 1.82) is 0 Å². The zero-order chi connectivity index (χ0) is 14.8. The number of halogens is 1. The zero-order valence-electron chi connectivity index (χ0n) is 12.5. The third-order valence-electron chi connectivity index (χ3n) is 4.12. The maximum absolute atomic E-state index is 12.8. The Balaban J connectivity index is 2.22. The molecular formula is C15H23BrN2O2. The van der Waals surface area contributed by atoms with Gasteiger partial charge in [-0.1, -0.05) is 0 Å². The first kappa shape index (κ1) is 15.7. The van der Waals surface area contributed by atoms with Crippen LogP contribution in [0.3, 0.4) is 0 Å². The van der Waals surface area contributed by atoms with E-state index in [2.05, 4.69) is 21.0 Å². The van der Waals surface area contributed by atoms with E-state index in [4.69, 9.17) is 4.74 Å². The molecule has 1 fully saturated rings. The summed E-state index contributed by atoms with van der Waals surface area (Å²) in [6, 6.07) is 0. The van der Waals surface area contributed by atoms with Gasteiger partial charge in [0.15, 0.2) is 5.78 Å². The summed E-state index contributed by atoms with van der Waals surface area (Å²) in [6.07, 6.45) is 4.28. The Bertz CT molecular complexity index is 490. The second-order valence-electron chi connectivity index (χ2n) is 5.40.